The molecule has 1 aliphatic rings. The summed E-state index contributed by atoms with van der Waals surface area (Å²) in [5, 5.41) is 4.15. The highest BCUT2D eigenvalue weighted by molar-refractivity contribution is 5.77. The van der Waals surface area contributed by atoms with E-state index in [0.29, 0.717) is 12.4 Å². The zero-order valence-electron chi connectivity index (χ0n) is 14.8. The number of H-pyrrole nitrogens is 1. The standard InChI is InChI=1S/C19H22N4O3/c1-23(10-16-13-6-2-5-9-17(13)26-22-16)19(24)12-25-11-18-20-14-7-3-4-8-15(14)21-18/h3-4,7-8H,2,5-6,9-12H2,1H3,(H,20,21). The molecule has 0 saturated carbocycles. The Hall–Kier alpha value is -2.67. The lowest BCUT2D eigenvalue weighted by Gasteiger charge is -2.17. The minimum absolute atomic E-state index is 0.00753. The van der Waals surface area contributed by atoms with Crippen molar-refractivity contribution in [3.8, 4) is 0 Å². The van der Waals surface area contributed by atoms with E-state index in [2.05, 4.69) is 15.1 Å². The summed E-state index contributed by atoms with van der Waals surface area (Å²) in [6, 6.07) is 7.79. The van der Waals surface area contributed by atoms with Crippen molar-refractivity contribution in [3.63, 3.8) is 0 Å². The van der Waals surface area contributed by atoms with Crippen LogP contribution in [0, 0.1) is 0 Å². The number of aromatic amines is 1. The number of nitrogens with one attached hydrogen (secondary N) is 1. The van der Waals surface area contributed by atoms with Crippen LogP contribution in [0.2, 0.25) is 0 Å². The summed E-state index contributed by atoms with van der Waals surface area (Å²) >= 11 is 0. The molecule has 1 amide bonds. The third-order valence-corrected chi connectivity index (χ3v) is 4.75. The molecule has 0 atom stereocenters. The Bertz CT molecular complexity index is 882. The quantitative estimate of drug-likeness (QED) is 0.735. The molecule has 0 saturated heterocycles. The van der Waals surface area contributed by atoms with Crippen LogP contribution >= 0.6 is 0 Å². The van der Waals surface area contributed by atoms with Crippen LogP contribution in [0.3, 0.4) is 0 Å². The van der Waals surface area contributed by atoms with E-state index in [4.69, 9.17) is 9.26 Å². The number of likely N-dealkylation sites (N-methyl/N-ethyl adjacent to an activating group) is 1. The van der Waals surface area contributed by atoms with Crippen molar-refractivity contribution < 1.29 is 14.1 Å². The van der Waals surface area contributed by atoms with Gasteiger partial charge in [-0.15, -0.1) is 0 Å². The number of hydrogen-bond acceptors (Lipinski definition) is 5. The van der Waals surface area contributed by atoms with Crippen LogP contribution in [0.4, 0.5) is 0 Å². The molecule has 2 aromatic heterocycles. The maximum Gasteiger partial charge on any atom is 0.248 e. The lowest BCUT2D eigenvalue weighted by Crippen LogP contribution is -2.30. The number of aryl methyl sites for hydroxylation is 1. The van der Waals surface area contributed by atoms with E-state index in [0.717, 1.165) is 48.2 Å². The van der Waals surface area contributed by atoms with Crippen LogP contribution in [0.5, 0.6) is 0 Å². The van der Waals surface area contributed by atoms with E-state index in [1.807, 2.05) is 24.3 Å². The first-order valence-corrected chi connectivity index (χ1v) is 8.92. The van der Waals surface area contributed by atoms with Gasteiger partial charge in [0.25, 0.3) is 0 Å². The fraction of sp³-hybridized carbons (Fsp3) is 0.421. The molecule has 0 bridgehead atoms. The molecule has 0 fully saturated rings. The van der Waals surface area contributed by atoms with E-state index in [9.17, 15) is 4.79 Å². The van der Waals surface area contributed by atoms with Crippen molar-refractivity contribution in [3.05, 3.63) is 47.1 Å². The number of ether oxygens (including phenoxy) is 1. The number of nitrogens with zero attached hydrogens (tertiary/aromatic N) is 3. The summed E-state index contributed by atoms with van der Waals surface area (Å²) in [4.78, 5) is 21.6. The summed E-state index contributed by atoms with van der Waals surface area (Å²) in [7, 11) is 1.76. The first-order valence-electron chi connectivity index (χ1n) is 8.92. The third kappa shape index (κ3) is 3.48. The summed E-state index contributed by atoms with van der Waals surface area (Å²) in [5.41, 5.74) is 3.91. The minimum Gasteiger partial charge on any atom is -0.364 e. The van der Waals surface area contributed by atoms with Crippen LogP contribution < -0.4 is 0 Å². The highest BCUT2D eigenvalue weighted by Gasteiger charge is 2.21. The Labute approximate surface area is 151 Å². The van der Waals surface area contributed by atoms with Crippen LogP contribution in [0.15, 0.2) is 28.8 Å². The number of benzene rings is 1. The SMILES string of the molecule is CN(Cc1noc2c1CCCC2)C(=O)COCc1nc2ccccc2[nH]1. The average Bonchev–Trinajstić information content (AvgIpc) is 3.25. The van der Waals surface area contributed by atoms with Crippen LogP contribution in [-0.2, 0) is 35.5 Å². The van der Waals surface area contributed by atoms with Gasteiger partial charge in [0, 0.05) is 19.0 Å². The molecular formula is C19H22N4O3. The molecule has 7 nitrogen and oxygen atoms in total. The first kappa shape index (κ1) is 16.8. The molecule has 0 spiro atoms. The van der Waals surface area contributed by atoms with Gasteiger partial charge >= 0.3 is 0 Å². The van der Waals surface area contributed by atoms with Gasteiger partial charge in [0.05, 0.1) is 17.6 Å². The van der Waals surface area contributed by atoms with E-state index >= 15 is 0 Å². The molecule has 2 heterocycles. The molecule has 4 rings (SSSR count). The van der Waals surface area contributed by atoms with Gasteiger partial charge in [-0.25, -0.2) is 4.98 Å². The van der Waals surface area contributed by atoms with Crippen LogP contribution in [0.1, 0.15) is 35.7 Å². The van der Waals surface area contributed by atoms with E-state index in [1.54, 1.807) is 11.9 Å². The third-order valence-electron chi connectivity index (χ3n) is 4.75. The molecule has 0 radical (unpaired) electrons. The number of amides is 1. The van der Waals surface area contributed by atoms with Gasteiger partial charge < -0.3 is 19.1 Å². The normalized spacial score (nSPS) is 13.7. The van der Waals surface area contributed by atoms with E-state index in [-0.39, 0.29) is 19.1 Å². The molecule has 1 N–H and O–H groups in total. The number of carbonyl (C=O) groups is 1. The largest absolute Gasteiger partial charge is 0.364 e. The molecule has 3 aromatic rings. The number of aromatic nitrogens is 3. The lowest BCUT2D eigenvalue weighted by molar-refractivity contribution is -0.135. The van der Waals surface area contributed by atoms with Gasteiger partial charge in [-0.2, -0.15) is 0 Å². The van der Waals surface area contributed by atoms with Crippen molar-refractivity contribution in [2.45, 2.75) is 38.8 Å². The van der Waals surface area contributed by atoms with Crippen LogP contribution in [-0.4, -0.2) is 39.6 Å². The topological polar surface area (TPSA) is 84.2 Å². The zero-order chi connectivity index (χ0) is 17.9. The Morgan fingerprint density at radius 3 is 3.04 bits per heavy atom. The number of para-hydroxylation sites is 2. The predicted molar refractivity (Wildman–Crippen MR) is 95.4 cm³/mol. The second-order valence-corrected chi connectivity index (χ2v) is 6.68. The highest BCUT2D eigenvalue weighted by Crippen LogP contribution is 2.24. The molecule has 136 valence electrons. The van der Waals surface area contributed by atoms with E-state index < -0.39 is 0 Å². The number of carbonyl (C=O) groups excluding carboxylic acids is 1. The Morgan fingerprint density at radius 2 is 2.15 bits per heavy atom. The minimum atomic E-state index is -0.0892. The van der Waals surface area contributed by atoms with Gasteiger partial charge in [0.15, 0.2) is 0 Å². The van der Waals surface area contributed by atoms with Crippen molar-refractivity contribution in [1.82, 2.24) is 20.0 Å². The number of hydrogen-bond donors (Lipinski definition) is 1. The monoisotopic (exact) mass is 354 g/mol. The molecule has 26 heavy (non-hydrogen) atoms. The second kappa shape index (κ2) is 7.29. The van der Waals surface area contributed by atoms with Crippen molar-refractivity contribution in [2.24, 2.45) is 0 Å². The van der Waals surface area contributed by atoms with Gasteiger partial charge in [-0.1, -0.05) is 17.3 Å². The molecule has 1 aromatic carbocycles. The second-order valence-electron chi connectivity index (χ2n) is 6.68. The average molecular weight is 354 g/mol. The summed E-state index contributed by atoms with van der Waals surface area (Å²) in [6.45, 7) is 0.729. The number of fused-ring (bicyclic) bond motifs is 2. The van der Waals surface area contributed by atoms with Crippen LogP contribution in [0.25, 0.3) is 11.0 Å². The first-order chi connectivity index (χ1) is 12.7. The maximum absolute atomic E-state index is 12.3. The maximum atomic E-state index is 12.3. The molecule has 1 aliphatic carbocycles. The van der Waals surface area contributed by atoms with Gasteiger partial charge in [-0.05, 0) is 31.4 Å². The van der Waals surface area contributed by atoms with Crippen molar-refractivity contribution >= 4 is 16.9 Å². The number of rotatable bonds is 6. The molecule has 7 heteroatoms. The summed E-state index contributed by atoms with van der Waals surface area (Å²) < 4.78 is 10.9. The fourth-order valence-electron chi connectivity index (χ4n) is 3.31. The van der Waals surface area contributed by atoms with E-state index in [1.165, 1.54) is 5.56 Å². The van der Waals surface area contributed by atoms with Crippen molar-refractivity contribution in [2.75, 3.05) is 13.7 Å². The molecule has 0 aliphatic heterocycles. The number of imidazole rings is 1. The summed E-state index contributed by atoms with van der Waals surface area (Å²) in [5.74, 6) is 1.61. The fourth-order valence-corrected chi connectivity index (χ4v) is 3.31. The van der Waals surface area contributed by atoms with Gasteiger partial charge in [0.2, 0.25) is 5.91 Å². The zero-order valence-corrected chi connectivity index (χ0v) is 14.8. The highest BCUT2D eigenvalue weighted by atomic mass is 16.5. The summed E-state index contributed by atoms with van der Waals surface area (Å²) in [6.07, 6.45) is 4.23. The Balaban J connectivity index is 1.29. The Morgan fingerprint density at radius 1 is 1.31 bits per heavy atom. The predicted octanol–water partition coefficient (Wildman–Crippen LogP) is 2.60. The lowest BCUT2D eigenvalue weighted by atomic mass is 9.96. The van der Waals surface area contributed by atoms with Crippen molar-refractivity contribution in [1.29, 1.82) is 0 Å². The molecular weight excluding hydrogens is 332 g/mol. The smallest absolute Gasteiger partial charge is 0.248 e. The van der Waals surface area contributed by atoms with Gasteiger partial charge in [-0.3, -0.25) is 4.79 Å². The van der Waals surface area contributed by atoms with Gasteiger partial charge in [0.1, 0.15) is 30.5 Å². The molecule has 0 unspecified atom stereocenters. The Kier molecular flexibility index (Phi) is 4.71.